The van der Waals surface area contributed by atoms with Gasteiger partial charge in [-0.25, -0.2) is 4.68 Å². The zero-order valence-electron chi connectivity index (χ0n) is 9.58. The van der Waals surface area contributed by atoms with E-state index in [1.807, 2.05) is 16.8 Å². The molecule has 0 amide bonds. The van der Waals surface area contributed by atoms with Gasteiger partial charge in [-0.05, 0) is 35.0 Å². The average molecular weight is 250 g/mol. The van der Waals surface area contributed by atoms with Crippen LogP contribution in [0.4, 0.5) is 0 Å². The molecule has 17 heavy (non-hydrogen) atoms. The van der Waals surface area contributed by atoms with E-state index in [0.29, 0.717) is 5.75 Å². The quantitative estimate of drug-likeness (QED) is 0.823. The number of aromatic nitrogens is 4. The highest BCUT2D eigenvalue weighted by molar-refractivity contribution is 7.98. The first-order valence-electron chi connectivity index (χ1n) is 5.46. The van der Waals surface area contributed by atoms with Crippen molar-refractivity contribution in [3.05, 3.63) is 30.1 Å². The summed E-state index contributed by atoms with van der Waals surface area (Å²) < 4.78 is 1.82. The fourth-order valence-electron chi connectivity index (χ4n) is 1.43. The number of phenolic OH excluding ortho intramolecular Hbond substituents is 1. The molecule has 2 aromatic rings. The topological polar surface area (TPSA) is 63.8 Å². The van der Waals surface area contributed by atoms with Crippen molar-refractivity contribution in [3.8, 4) is 5.75 Å². The van der Waals surface area contributed by atoms with E-state index in [2.05, 4.69) is 22.4 Å². The number of hydrogen-bond donors (Lipinski definition) is 1. The smallest absolute Gasteiger partial charge is 0.161 e. The number of nitrogens with zero attached hydrogens (tertiary/aromatic N) is 4. The molecule has 0 spiro atoms. The highest BCUT2D eigenvalue weighted by Crippen LogP contribution is 2.24. The van der Waals surface area contributed by atoms with Crippen LogP contribution in [0.5, 0.6) is 5.75 Å². The summed E-state index contributed by atoms with van der Waals surface area (Å²) in [5.41, 5.74) is 0. The molecule has 5 nitrogen and oxygen atoms in total. The molecule has 0 fully saturated rings. The van der Waals surface area contributed by atoms with Crippen molar-refractivity contribution >= 4 is 11.8 Å². The number of tetrazole rings is 1. The van der Waals surface area contributed by atoms with E-state index in [9.17, 15) is 5.11 Å². The SMILES string of the molecule is CCCn1nnnc1CSc1cccc(O)c1. The maximum atomic E-state index is 9.35. The normalized spacial score (nSPS) is 10.6. The van der Waals surface area contributed by atoms with Gasteiger partial charge in [-0.1, -0.05) is 13.0 Å². The lowest BCUT2D eigenvalue weighted by molar-refractivity contribution is 0.474. The van der Waals surface area contributed by atoms with Gasteiger partial charge < -0.3 is 5.11 Å². The highest BCUT2D eigenvalue weighted by atomic mass is 32.2. The van der Waals surface area contributed by atoms with E-state index in [1.165, 1.54) is 0 Å². The summed E-state index contributed by atoms with van der Waals surface area (Å²) in [4.78, 5) is 1.01. The van der Waals surface area contributed by atoms with Crippen LogP contribution in [0.1, 0.15) is 19.2 Å². The minimum absolute atomic E-state index is 0.281. The van der Waals surface area contributed by atoms with Gasteiger partial charge in [0.25, 0.3) is 0 Å². The lowest BCUT2D eigenvalue weighted by Gasteiger charge is -2.03. The Morgan fingerprint density at radius 2 is 2.29 bits per heavy atom. The van der Waals surface area contributed by atoms with Crippen LogP contribution in [0.3, 0.4) is 0 Å². The zero-order chi connectivity index (χ0) is 12.1. The van der Waals surface area contributed by atoms with Crippen LogP contribution in [0.15, 0.2) is 29.2 Å². The van der Waals surface area contributed by atoms with E-state index < -0.39 is 0 Å². The Kier molecular flexibility index (Phi) is 3.98. The molecule has 0 aliphatic rings. The summed E-state index contributed by atoms with van der Waals surface area (Å²) in [6.07, 6.45) is 1.01. The molecule has 90 valence electrons. The molecular formula is C11H14N4OS. The molecule has 2 rings (SSSR count). The van der Waals surface area contributed by atoms with Crippen LogP contribution >= 0.6 is 11.8 Å². The highest BCUT2D eigenvalue weighted by Gasteiger charge is 2.05. The van der Waals surface area contributed by atoms with Crippen LogP contribution < -0.4 is 0 Å². The van der Waals surface area contributed by atoms with Gasteiger partial charge in [-0.15, -0.1) is 16.9 Å². The molecule has 0 aliphatic carbocycles. The summed E-state index contributed by atoms with van der Waals surface area (Å²) in [6.45, 7) is 2.93. The average Bonchev–Trinajstić information content (AvgIpc) is 2.75. The van der Waals surface area contributed by atoms with Crippen LogP contribution in [-0.2, 0) is 12.3 Å². The first kappa shape index (κ1) is 11.9. The fourth-order valence-corrected chi connectivity index (χ4v) is 2.31. The number of rotatable bonds is 5. The molecule has 0 radical (unpaired) electrons. The fraction of sp³-hybridized carbons (Fsp3) is 0.364. The molecule has 0 saturated heterocycles. The summed E-state index contributed by atoms with van der Waals surface area (Å²) in [5.74, 6) is 1.85. The van der Waals surface area contributed by atoms with E-state index in [4.69, 9.17) is 0 Å². The molecule has 0 unspecified atom stereocenters. The van der Waals surface area contributed by atoms with E-state index in [-0.39, 0.29) is 5.75 Å². The second-order valence-corrected chi connectivity index (χ2v) is 4.65. The van der Waals surface area contributed by atoms with Gasteiger partial charge in [0.2, 0.25) is 0 Å². The van der Waals surface area contributed by atoms with Crippen LogP contribution in [0, 0.1) is 0 Å². The molecule has 0 bridgehead atoms. The van der Waals surface area contributed by atoms with E-state index >= 15 is 0 Å². The Morgan fingerprint density at radius 3 is 3.06 bits per heavy atom. The standard InChI is InChI=1S/C11H14N4OS/c1-2-6-15-11(12-13-14-15)8-17-10-5-3-4-9(16)7-10/h3-5,7,16H,2,6,8H2,1H3. The summed E-state index contributed by atoms with van der Waals surface area (Å²) in [6, 6.07) is 7.18. The largest absolute Gasteiger partial charge is 0.508 e. The minimum atomic E-state index is 0.281. The monoisotopic (exact) mass is 250 g/mol. The van der Waals surface area contributed by atoms with Crippen molar-refractivity contribution < 1.29 is 5.11 Å². The lowest BCUT2D eigenvalue weighted by Crippen LogP contribution is -2.04. The van der Waals surface area contributed by atoms with Crippen LogP contribution in [0.2, 0.25) is 0 Å². The second kappa shape index (κ2) is 5.67. The zero-order valence-corrected chi connectivity index (χ0v) is 10.4. The van der Waals surface area contributed by atoms with E-state index in [1.54, 1.807) is 23.9 Å². The van der Waals surface area contributed by atoms with Crippen molar-refractivity contribution in [2.45, 2.75) is 30.5 Å². The van der Waals surface area contributed by atoms with Crippen molar-refractivity contribution in [2.24, 2.45) is 0 Å². The third-order valence-corrected chi connectivity index (χ3v) is 3.22. The summed E-state index contributed by atoms with van der Waals surface area (Å²) >= 11 is 1.61. The Bertz CT molecular complexity index is 486. The number of hydrogen-bond acceptors (Lipinski definition) is 5. The predicted octanol–water partition coefficient (Wildman–Crippen LogP) is 2.08. The van der Waals surface area contributed by atoms with Gasteiger partial charge in [0.1, 0.15) is 5.75 Å². The maximum Gasteiger partial charge on any atom is 0.161 e. The molecule has 0 atom stereocenters. The van der Waals surface area contributed by atoms with Gasteiger partial charge in [0.05, 0.1) is 5.75 Å². The minimum Gasteiger partial charge on any atom is -0.508 e. The van der Waals surface area contributed by atoms with Gasteiger partial charge in [-0.2, -0.15) is 0 Å². The first-order valence-corrected chi connectivity index (χ1v) is 6.45. The number of thioether (sulfide) groups is 1. The third kappa shape index (κ3) is 3.20. The van der Waals surface area contributed by atoms with Crippen molar-refractivity contribution in [3.63, 3.8) is 0 Å². The Balaban J connectivity index is 1.99. The number of aryl methyl sites for hydroxylation is 1. The van der Waals surface area contributed by atoms with Gasteiger partial charge in [0, 0.05) is 11.4 Å². The van der Waals surface area contributed by atoms with Crippen LogP contribution in [-0.4, -0.2) is 25.3 Å². The Labute approximate surface area is 104 Å². The molecule has 6 heteroatoms. The third-order valence-electron chi connectivity index (χ3n) is 2.23. The molecule has 1 N–H and O–H groups in total. The molecule has 1 aromatic heterocycles. The first-order chi connectivity index (χ1) is 8.29. The van der Waals surface area contributed by atoms with Crippen molar-refractivity contribution in [2.75, 3.05) is 0 Å². The van der Waals surface area contributed by atoms with Gasteiger partial charge in [-0.3, -0.25) is 0 Å². The predicted molar refractivity (Wildman–Crippen MR) is 65.8 cm³/mol. The Morgan fingerprint density at radius 1 is 1.41 bits per heavy atom. The Hall–Kier alpha value is -1.56. The van der Waals surface area contributed by atoms with Crippen molar-refractivity contribution in [1.29, 1.82) is 0 Å². The number of benzene rings is 1. The molecule has 0 aliphatic heterocycles. The molecular weight excluding hydrogens is 236 g/mol. The number of aromatic hydroxyl groups is 1. The number of phenols is 1. The molecule has 1 heterocycles. The second-order valence-electron chi connectivity index (χ2n) is 3.60. The van der Waals surface area contributed by atoms with Crippen LogP contribution in [0.25, 0.3) is 0 Å². The van der Waals surface area contributed by atoms with Gasteiger partial charge in [0.15, 0.2) is 5.82 Å². The molecule has 0 saturated carbocycles. The molecule has 1 aromatic carbocycles. The summed E-state index contributed by atoms with van der Waals surface area (Å²) in [7, 11) is 0. The lowest BCUT2D eigenvalue weighted by atomic mass is 10.3. The van der Waals surface area contributed by atoms with Crippen molar-refractivity contribution in [1.82, 2.24) is 20.2 Å². The van der Waals surface area contributed by atoms with E-state index in [0.717, 1.165) is 23.7 Å². The van der Waals surface area contributed by atoms with Gasteiger partial charge >= 0.3 is 0 Å². The maximum absolute atomic E-state index is 9.35. The summed E-state index contributed by atoms with van der Waals surface area (Å²) in [5, 5.41) is 20.9.